The lowest BCUT2D eigenvalue weighted by Crippen LogP contribution is -2.20. The molecule has 0 fully saturated rings. The Labute approximate surface area is 166 Å². The van der Waals surface area contributed by atoms with Crippen LogP contribution >= 0.6 is 11.3 Å². The highest BCUT2D eigenvalue weighted by atomic mass is 32.1. The molecule has 2 N–H and O–H groups in total. The molecule has 0 spiro atoms. The summed E-state index contributed by atoms with van der Waals surface area (Å²) in [5.41, 5.74) is -0.603. The van der Waals surface area contributed by atoms with Crippen molar-refractivity contribution >= 4 is 35.1 Å². The molecule has 1 heterocycles. The van der Waals surface area contributed by atoms with E-state index in [-0.39, 0.29) is 14.8 Å². The topological polar surface area (TPSA) is 71.2 Å². The molecule has 0 atom stereocenters. The Bertz CT molecular complexity index is 1210. The Morgan fingerprint density at radius 2 is 1.93 bits per heavy atom. The second kappa shape index (κ2) is 8.36. The van der Waals surface area contributed by atoms with E-state index >= 15 is 0 Å². The monoisotopic (exact) mass is 420 g/mol. The molecule has 3 rings (SSSR count). The van der Waals surface area contributed by atoms with Crippen LogP contribution in [-0.2, 0) is 11.0 Å². The number of hydrogen-bond donors (Lipinski definition) is 2. The molecule has 9 heteroatoms. The van der Waals surface area contributed by atoms with Crippen molar-refractivity contribution in [3.8, 4) is 5.75 Å². The zero-order chi connectivity index (χ0) is 21.0. The molecule has 0 unspecified atom stereocenters. The van der Waals surface area contributed by atoms with Crippen LogP contribution in [-0.4, -0.2) is 18.0 Å². The quantitative estimate of drug-likeness (QED) is 0.682. The minimum Gasteiger partial charge on any atom is -0.495 e. The predicted molar refractivity (Wildman–Crippen MR) is 105 cm³/mol. The summed E-state index contributed by atoms with van der Waals surface area (Å²) in [7, 11) is 1.47. The van der Waals surface area contributed by atoms with Gasteiger partial charge < -0.3 is 15.0 Å². The SMILES string of the molecule is COc1ccccc1NC(=O)/C=c1/[nH]c(=O)/c(=C\c2cccc(C(F)(F)F)c2)s1. The Morgan fingerprint density at radius 3 is 2.66 bits per heavy atom. The minimum atomic E-state index is -4.47. The highest BCUT2D eigenvalue weighted by Crippen LogP contribution is 2.29. The number of methoxy groups -OCH3 is 1. The molecule has 0 radical (unpaired) electrons. The lowest BCUT2D eigenvalue weighted by Gasteiger charge is -2.07. The molecule has 0 aliphatic carbocycles. The Balaban J connectivity index is 1.89. The van der Waals surface area contributed by atoms with E-state index in [0.717, 1.165) is 23.5 Å². The molecule has 29 heavy (non-hydrogen) atoms. The van der Waals surface area contributed by atoms with Gasteiger partial charge in [-0.25, -0.2) is 0 Å². The van der Waals surface area contributed by atoms with Gasteiger partial charge in [0.2, 0.25) is 0 Å². The first-order valence-electron chi connectivity index (χ1n) is 8.30. The van der Waals surface area contributed by atoms with Crippen molar-refractivity contribution in [3.63, 3.8) is 0 Å². The van der Waals surface area contributed by atoms with Crippen LogP contribution in [0.3, 0.4) is 0 Å². The van der Waals surface area contributed by atoms with E-state index < -0.39 is 23.2 Å². The molecule has 0 aliphatic heterocycles. The van der Waals surface area contributed by atoms with Gasteiger partial charge in [0, 0.05) is 6.08 Å². The zero-order valence-electron chi connectivity index (χ0n) is 15.0. The summed E-state index contributed by atoms with van der Waals surface area (Å²) in [5, 5.41) is 2.64. The maximum atomic E-state index is 12.8. The van der Waals surface area contributed by atoms with E-state index in [2.05, 4.69) is 10.3 Å². The molecule has 0 bridgehead atoms. The minimum absolute atomic E-state index is 0.181. The number of carbonyl (C=O) groups is 1. The summed E-state index contributed by atoms with van der Waals surface area (Å²) in [5.74, 6) is -0.00916. The van der Waals surface area contributed by atoms with E-state index in [0.29, 0.717) is 11.4 Å². The number of H-pyrrole nitrogens is 1. The van der Waals surface area contributed by atoms with Crippen LogP contribution in [0.2, 0.25) is 0 Å². The third-order valence-electron chi connectivity index (χ3n) is 3.82. The van der Waals surface area contributed by atoms with Crippen LogP contribution in [0.5, 0.6) is 5.75 Å². The number of halogens is 3. The fourth-order valence-corrected chi connectivity index (χ4v) is 3.40. The molecule has 2 aromatic carbocycles. The number of anilines is 1. The van der Waals surface area contributed by atoms with Crippen LogP contribution < -0.4 is 24.8 Å². The summed E-state index contributed by atoms with van der Waals surface area (Å²) in [6, 6.07) is 11.5. The summed E-state index contributed by atoms with van der Waals surface area (Å²) < 4.78 is 44.1. The maximum absolute atomic E-state index is 12.8. The van der Waals surface area contributed by atoms with Crippen LogP contribution in [0.4, 0.5) is 18.9 Å². The molecular formula is C20H15F3N2O3S. The number of aromatic nitrogens is 1. The number of carbonyl (C=O) groups excluding carboxylic acids is 1. The predicted octanol–water partition coefficient (Wildman–Crippen LogP) is 2.71. The normalized spacial score (nSPS) is 12.8. The van der Waals surface area contributed by atoms with Crippen molar-refractivity contribution in [2.24, 2.45) is 0 Å². The average Bonchev–Trinajstić information content (AvgIpc) is 3.00. The van der Waals surface area contributed by atoms with Gasteiger partial charge >= 0.3 is 6.18 Å². The van der Waals surface area contributed by atoms with Crippen molar-refractivity contribution in [2.45, 2.75) is 6.18 Å². The van der Waals surface area contributed by atoms with Crippen molar-refractivity contribution < 1.29 is 22.7 Å². The van der Waals surface area contributed by atoms with Gasteiger partial charge in [-0.1, -0.05) is 24.3 Å². The van der Waals surface area contributed by atoms with E-state index in [1.54, 1.807) is 24.3 Å². The summed E-state index contributed by atoms with van der Waals surface area (Å²) in [6.07, 6.45) is -1.93. The van der Waals surface area contributed by atoms with E-state index in [1.807, 2.05) is 0 Å². The van der Waals surface area contributed by atoms with Crippen LogP contribution in [0.1, 0.15) is 11.1 Å². The summed E-state index contributed by atoms with van der Waals surface area (Å²) >= 11 is 0.964. The zero-order valence-corrected chi connectivity index (χ0v) is 15.9. The number of ether oxygens (including phenoxy) is 1. The lowest BCUT2D eigenvalue weighted by molar-refractivity contribution is -0.137. The summed E-state index contributed by atoms with van der Waals surface area (Å²) in [6.45, 7) is 0. The van der Waals surface area contributed by atoms with Gasteiger partial charge in [-0.3, -0.25) is 9.59 Å². The van der Waals surface area contributed by atoms with E-state index in [9.17, 15) is 22.8 Å². The molecule has 150 valence electrons. The number of hydrogen-bond acceptors (Lipinski definition) is 4. The number of rotatable bonds is 4. The molecule has 5 nitrogen and oxygen atoms in total. The smallest absolute Gasteiger partial charge is 0.416 e. The number of para-hydroxylation sites is 2. The van der Waals surface area contributed by atoms with Crippen molar-refractivity contribution in [3.05, 3.63) is 79.2 Å². The van der Waals surface area contributed by atoms with E-state index in [1.165, 1.54) is 31.4 Å². The Hall–Kier alpha value is -3.33. The van der Waals surface area contributed by atoms with Gasteiger partial charge in [0.25, 0.3) is 11.5 Å². The first-order valence-corrected chi connectivity index (χ1v) is 9.12. The second-order valence-corrected chi connectivity index (χ2v) is 6.97. The fourth-order valence-electron chi connectivity index (χ4n) is 2.52. The molecule has 0 saturated carbocycles. The Morgan fingerprint density at radius 1 is 1.17 bits per heavy atom. The van der Waals surface area contributed by atoms with Gasteiger partial charge in [0.1, 0.15) is 10.4 Å². The van der Waals surface area contributed by atoms with Crippen LogP contribution in [0.25, 0.3) is 12.2 Å². The molecule has 0 aliphatic rings. The molecule has 1 aromatic heterocycles. The van der Waals surface area contributed by atoms with Crippen molar-refractivity contribution in [1.29, 1.82) is 0 Å². The standard InChI is InChI=1S/C20H15F3N2O3S/c1-28-15-8-3-2-7-14(15)24-17(26)11-18-25-19(27)16(29-18)10-12-5-4-6-13(9-12)20(21,22)23/h2-11H,1H3,(H,24,26)(H,25,27)/b16-10+,18-11-. The van der Waals surface area contributed by atoms with Gasteiger partial charge in [0.15, 0.2) is 0 Å². The first-order chi connectivity index (χ1) is 13.8. The number of benzene rings is 2. The highest BCUT2D eigenvalue weighted by molar-refractivity contribution is 7.07. The van der Waals surface area contributed by atoms with Crippen molar-refractivity contribution in [2.75, 3.05) is 12.4 Å². The molecule has 3 aromatic rings. The summed E-state index contributed by atoms with van der Waals surface area (Å²) in [4.78, 5) is 26.8. The third-order valence-corrected chi connectivity index (χ3v) is 4.78. The molecular weight excluding hydrogens is 405 g/mol. The largest absolute Gasteiger partial charge is 0.495 e. The van der Waals surface area contributed by atoms with Gasteiger partial charge in [-0.05, 0) is 35.9 Å². The molecule has 1 amide bonds. The van der Waals surface area contributed by atoms with Gasteiger partial charge in [-0.15, -0.1) is 11.3 Å². The second-order valence-electron chi connectivity index (χ2n) is 5.89. The van der Waals surface area contributed by atoms with Gasteiger partial charge in [-0.2, -0.15) is 13.2 Å². The number of thiazole rings is 1. The fraction of sp³-hybridized carbons (Fsp3) is 0.100. The third kappa shape index (κ3) is 5.14. The number of amides is 1. The number of aromatic amines is 1. The van der Waals surface area contributed by atoms with Gasteiger partial charge in [0.05, 0.1) is 22.9 Å². The average molecular weight is 420 g/mol. The number of nitrogens with one attached hydrogen (secondary N) is 2. The van der Waals surface area contributed by atoms with Crippen LogP contribution in [0.15, 0.2) is 53.3 Å². The lowest BCUT2D eigenvalue weighted by atomic mass is 10.1. The maximum Gasteiger partial charge on any atom is 0.416 e. The number of alkyl halides is 3. The highest BCUT2D eigenvalue weighted by Gasteiger charge is 2.30. The Kier molecular flexibility index (Phi) is 5.88. The first kappa shape index (κ1) is 20.4. The van der Waals surface area contributed by atoms with Crippen LogP contribution in [0, 0.1) is 0 Å². The molecule has 0 saturated heterocycles. The van der Waals surface area contributed by atoms with Crippen molar-refractivity contribution in [1.82, 2.24) is 4.98 Å². The van der Waals surface area contributed by atoms with E-state index in [4.69, 9.17) is 4.74 Å².